The molecule has 0 saturated carbocycles. The van der Waals surface area contributed by atoms with E-state index in [0.29, 0.717) is 10.4 Å². The number of thiophene rings is 1. The van der Waals surface area contributed by atoms with Gasteiger partial charge in [-0.3, -0.25) is 4.79 Å². The molecule has 5 heteroatoms. The average Bonchev–Trinajstić information content (AvgIpc) is 2.67. The van der Waals surface area contributed by atoms with Crippen LogP contribution in [0, 0.1) is 0 Å². The molecule has 16 heavy (non-hydrogen) atoms. The monoisotopic (exact) mass is 239 g/mol. The third kappa shape index (κ3) is 1.71. The van der Waals surface area contributed by atoms with E-state index in [1.807, 2.05) is 0 Å². The van der Waals surface area contributed by atoms with Crippen LogP contribution in [-0.4, -0.2) is 19.0 Å². The van der Waals surface area contributed by atoms with Gasteiger partial charge in [0.1, 0.15) is 4.88 Å². The summed E-state index contributed by atoms with van der Waals surface area (Å²) in [5.74, 6) is -0.993. The van der Waals surface area contributed by atoms with Gasteiger partial charge in [-0.2, -0.15) is 0 Å². The van der Waals surface area contributed by atoms with Crippen molar-refractivity contribution in [1.29, 1.82) is 0 Å². The molecule has 1 amide bonds. The highest BCUT2D eigenvalue weighted by molar-refractivity contribution is 7.14. The molecule has 0 radical (unpaired) electrons. The second-order valence-corrected chi connectivity index (χ2v) is 4.88. The van der Waals surface area contributed by atoms with Crippen molar-refractivity contribution in [2.75, 3.05) is 7.11 Å². The number of methoxy groups -OCH3 is 1. The number of carbonyl (C=O) groups excluding carboxylic acids is 2. The molecule has 1 heterocycles. The van der Waals surface area contributed by atoms with E-state index in [4.69, 9.17) is 10.5 Å². The van der Waals surface area contributed by atoms with Gasteiger partial charge in [0.2, 0.25) is 0 Å². The number of hydrogen-bond acceptors (Lipinski definition) is 4. The molecule has 0 unspecified atom stereocenters. The molecule has 0 fully saturated rings. The van der Waals surface area contributed by atoms with Crippen LogP contribution >= 0.6 is 11.3 Å². The van der Waals surface area contributed by atoms with E-state index in [0.717, 1.165) is 36.1 Å². The third-order valence-corrected chi connectivity index (χ3v) is 4.09. The van der Waals surface area contributed by atoms with Crippen LogP contribution in [-0.2, 0) is 17.6 Å². The number of esters is 1. The molecule has 0 saturated heterocycles. The number of ether oxygens (including phenoxy) is 1. The Balaban J connectivity index is 2.57. The average molecular weight is 239 g/mol. The maximum absolute atomic E-state index is 11.6. The number of amides is 1. The molecule has 0 aliphatic heterocycles. The highest BCUT2D eigenvalue weighted by Crippen LogP contribution is 2.34. The van der Waals surface area contributed by atoms with Crippen LogP contribution in [0.2, 0.25) is 0 Å². The number of fused-ring (bicyclic) bond motifs is 1. The Morgan fingerprint density at radius 2 is 2.00 bits per heavy atom. The molecule has 86 valence electrons. The van der Waals surface area contributed by atoms with E-state index in [1.165, 1.54) is 18.4 Å². The largest absolute Gasteiger partial charge is 0.465 e. The molecule has 0 atom stereocenters. The number of rotatable bonds is 2. The number of aryl methyl sites for hydroxylation is 1. The highest BCUT2D eigenvalue weighted by Gasteiger charge is 2.27. The highest BCUT2D eigenvalue weighted by atomic mass is 32.1. The second-order valence-electron chi connectivity index (χ2n) is 3.77. The van der Waals surface area contributed by atoms with Gasteiger partial charge in [-0.15, -0.1) is 11.3 Å². The molecular formula is C11H13NO3S. The van der Waals surface area contributed by atoms with Gasteiger partial charge in [0, 0.05) is 4.88 Å². The molecule has 0 aromatic carbocycles. The molecule has 0 bridgehead atoms. The van der Waals surface area contributed by atoms with Crippen molar-refractivity contribution in [2.24, 2.45) is 5.73 Å². The molecule has 2 rings (SSSR count). The molecule has 4 nitrogen and oxygen atoms in total. The standard InChI is InChI=1S/C11H13NO3S/c1-15-11(14)8-6-4-2-3-5-7(6)16-9(8)10(12)13/h2-5H2,1H3,(H2,12,13). The van der Waals surface area contributed by atoms with Gasteiger partial charge in [-0.05, 0) is 31.2 Å². The normalized spacial score (nSPS) is 14.3. The number of nitrogens with two attached hydrogens (primary N) is 1. The van der Waals surface area contributed by atoms with E-state index in [9.17, 15) is 9.59 Å². The first kappa shape index (κ1) is 11.1. The van der Waals surface area contributed by atoms with Crippen molar-refractivity contribution < 1.29 is 14.3 Å². The molecule has 1 aromatic rings. The Labute approximate surface area is 97.4 Å². The van der Waals surface area contributed by atoms with Gasteiger partial charge in [0.15, 0.2) is 0 Å². The first-order valence-corrected chi connectivity index (χ1v) is 5.99. The van der Waals surface area contributed by atoms with E-state index in [1.54, 1.807) is 0 Å². The summed E-state index contributed by atoms with van der Waals surface area (Å²) in [7, 11) is 1.32. The van der Waals surface area contributed by atoms with Crippen molar-refractivity contribution in [3.8, 4) is 0 Å². The summed E-state index contributed by atoms with van der Waals surface area (Å²) in [5.41, 5.74) is 6.65. The van der Waals surface area contributed by atoms with E-state index in [-0.39, 0.29) is 0 Å². The lowest BCUT2D eigenvalue weighted by atomic mass is 9.95. The predicted molar refractivity (Wildman–Crippen MR) is 60.8 cm³/mol. The van der Waals surface area contributed by atoms with Crippen molar-refractivity contribution in [2.45, 2.75) is 25.7 Å². The molecule has 0 spiro atoms. The molecule has 1 aromatic heterocycles. The van der Waals surface area contributed by atoms with Crippen molar-refractivity contribution >= 4 is 23.2 Å². The predicted octanol–water partition coefficient (Wildman–Crippen LogP) is 1.51. The van der Waals surface area contributed by atoms with E-state index >= 15 is 0 Å². The van der Waals surface area contributed by atoms with Crippen LogP contribution in [0.3, 0.4) is 0 Å². The lowest BCUT2D eigenvalue weighted by Crippen LogP contribution is -2.16. The van der Waals surface area contributed by atoms with Crippen molar-refractivity contribution in [1.82, 2.24) is 0 Å². The van der Waals surface area contributed by atoms with Crippen LogP contribution < -0.4 is 5.73 Å². The van der Waals surface area contributed by atoms with Gasteiger partial charge in [-0.25, -0.2) is 4.79 Å². The van der Waals surface area contributed by atoms with Gasteiger partial charge in [-0.1, -0.05) is 0 Å². The summed E-state index contributed by atoms with van der Waals surface area (Å²) >= 11 is 1.34. The molecule has 2 N–H and O–H groups in total. The van der Waals surface area contributed by atoms with E-state index < -0.39 is 11.9 Å². The smallest absolute Gasteiger partial charge is 0.339 e. The summed E-state index contributed by atoms with van der Waals surface area (Å²) in [4.78, 5) is 24.4. The molecule has 1 aliphatic rings. The Morgan fingerprint density at radius 1 is 1.31 bits per heavy atom. The summed E-state index contributed by atoms with van der Waals surface area (Å²) in [5, 5.41) is 0. The minimum Gasteiger partial charge on any atom is -0.465 e. The third-order valence-electron chi connectivity index (χ3n) is 2.78. The van der Waals surface area contributed by atoms with Crippen LogP contribution in [0.25, 0.3) is 0 Å². The zero-order chi connectivity index (χ0) is 11.7. The van der Waals surface area contributed by atoms with Crippen molar-refractivity contribution in [3.63, 3.8) is 0 Å². The zero-order valence-electron chi connectivity index (χ0n) is 9.04. The Bertz CT molecular complexity index is 450. The lowest BCUT2D eigenvalue weighted by molar-refractivity contribution is 0.0596. The quantitative estimate of drug-likeness (QED) is 0.795. The number of hydrogen-bond donors (Lipinski definition) is 1. The fourth-order valence-corrected chi connectivity index (χ4v) is 3.29. The number of carbonyl (C=O) groups is 2. The fourth-order valence-electron chi connectivity index (χ4n) is 2.06. The van der Waals surface area contributed by atoms with Crippen LogP contribution in [0.15, 0.2) is 0 Å². The van der Waals surface area contributed by atoms with E-state index in [2.05, 4.69) is 0 Å². The lowest BCUT2D eigenvalue weighted by Gasteiger charge is -2.11. The summed E-state index contributed by atoms with van der Waals surface area (Å²) in [6.07, 6.45) is 3.92. The second kappa shape index (κ2) is 4.25. The van der Waals surface area contributed by atoms with Gasteiger partial charge < -0.3 is 10.5 Å². The fraction of sp³-hybridized carbons (Fsp3) is 0.455. The summed E-state index contributed by atoms with van der Waals surface area (Å²) < 4.78 is 4.71. The Morgan fingerprint density at radius 3 is 2.62 bits per heavy atom. The maximum atomic E-state index is 11.6. The maximum Gasteiger partial charge on any atom is 0.339 e. The Hall–Kier alpha value is -1.36. The summed E-state index contributed by atoms with van der Waals surface area (Å²) in [6.45, 7) is 0. The van der Waals surface area contributed by atoms with Crippen molar-refractivity contribution in [3.05, 3.63) is 20.9 Å². The Kier molecular flexibility index (Phi) is 2.96. The van der Waals surface area contributed by atoms with Crippen LogP contribution in [0.4, 0.5) is 0 Å². The van der Waals surface area contributed by atoms with Crippen LogP contribution in [0.5, 0.6) is 0 Å². The summed E-state index contributed by atoms with van der Waals surface area (Å²) in [6, 6.07) is 0. The number of primary amides is 1. The van der Waals surface area contributed by atoms with Gasteiger partial charge in [0.25, 0.3) is 5.91 Å². The molecule has 1 aliphatic carbocycles. The molecular weight excluding hydrogens is 226 g/mol. The topological polar surface area (TPSA) is 69.4 Å². The minimum absolute atomic E-state index is 0.346. The van der Waals surface area contributed by atoms with Gasteiger partial charge in [0.05, 0.1) is 12.7 Å². The minimum atomic E-state index is -0.542. The first-order chi connectivity index (χ1) is 7.65. The SMILES string of the molecule is COC(=O)c1c(C(N)=O)sc2c1CCCC2. The zero-order valence-corrected chi connectivity index (χ0v) is 9.86. The van der Waals surface area contributed by atoms with Gasteiger partial charge >= 0.3 is 5.97 Å². The van der Waals surface area contributed by atoms with Crippen LogP contribution in [0.1, 0.15) is 43.3 Å². The first-order valence-electron chi connectivity index (χ1n) is 5.17.